The topological polar surface area (TPSA) is 75.0 Å². The second-order valence-corrected chi connectivity index (χ2v) is 6.55. The third-order valence-electron chi connectivity index (χ3n) is 4.05. The second kappa shape index (κ2) is 5.52. The number of likely N-dealkylation sites (tertiary alicyclic amines) is 1. The first-order valence-corrected chi connectivity index (χ1v) is 8.20. The molecule has 2 aromatic rings. The van der Waals surface area contributed by atoms with Gasteiger partial charge in [0, 0.05) is 6.54 Å². The largest absolute Gasteiger partial charge is 0.395 e. The van der Waals surface area contributed by atoms with Crippen LogP contribution < -0.4 is 5.73 Å². The van der Waals surface area contributed by atoms with E-state index in [0.29, 0.717) is 11.4 Å². The van der Waals surface area contributed by atoms with Gasteiger partial charge in [-0.1, -0.05) is 13.8 Å². The summed E-state index contributed by atoms with van der Waals surface area (Å²) in [6.07, 6.45) is 2.03. The van der Waals surface area contributed by atoms with E-state index in [-0.39, 0.29) is 17.9 Å². The van der Waals surface area contributed by atoms with Crippen molar-refractivity contribution in [3.05, 3.63) is 33.8 Å². The fraction of sp³-hybridized carbons (Fsp3) is 0.467. The molecule has 6 heteroatoms. The lowest BCUT2D eigenvalue weighted by Gasteiger charge is -2.23. The molecule has 1 saturated heterocycles. The summed E-state index contributed by atoms with van der Waals surface area (Å²) in [5, 5.41) is 11.2. The summed E-state index contributed by atoms with van der Waals surface area (Å²) in [5.74, 6) is 0.162. The molecule has 1 amide bonds. The normalized spacial score (nSPS) is 18.6. The molecule has 0 aromatic carbocycles. The molecular formula is C15H20N4OS. The molecule has 0 saturated carbocycles. The number of carbonyl (C=O) groups excluding carboxylic acids is 1. The van der Waals surface area contributed by atoms with Gasteiger partial charge in [0.25, 0.3) is 5.91 Å². The van der Waals surface area contributed by atoms with Crippen molar-refractivity contribution in [2.45, 2.75) is 38.6 Å². The summed E-state index contributed by atoms with van der Waals surface area (Å²) < 4.78 is 0. The van der Waals surface area contributed by atoms with E-state index in [2.05, 4.69) is 27.0 Å². The Labute approximate surface area is 128 Å². The lowest BCUT2D eigenvalue weighted by atomic mass is 10.1. The molecule has 0 bridgehead atoms. The second-order valence-electron chi connectivity index (χ2n) is 5.77. The van der Waals surface area contributed by atoms with Gasteiger partial charge in [-0.25, -0.2) is 0 Å². The Hall–Kier alpha value is -1.82. The monoisotopic (exact) mass is 304 g/mol. The van der Waals surface area contributed by atoms with Gasteiger partial charge >= 0.3 is 0 Å². The molecule has 0 radical (unpaired) electrons. The molecular weight excluding hydrogens is 284 g/mol. The van der Waals surface area contributed by atoms with Gasteiger partial charge < -0.3 is 10.6 Å². The van der Waals surface area contributed by atoms with Gasteiger partial charge in [0.2, 0.25) is 0 Å². The van der Waals surface area contributed by atoms with Crippen molar-refractivity contribution in [2.75, 3.05) is 12.3 Å². The predicted molar refractivity (Wildman–Crippen MR) is 84.4 cm³/mol. The molecule has 1 fully saturated rings. The van der Waals surface area contributed by atoms with E-state index in [1.807, 2.05) is 18.7 Å². The van der Waals surface area contributed by atoms with E-state index in [0.717, 1.165) is 25.1 Å². The number of anilines is 1. The Bertz CT molecular complexity index is 632. The van der Waals surface area contributed by atoms with E-state index in [1.165, 1.54) is 5.56 Å². The van der Waals surface area contributed by atoms with Crippen molar-refractivity contribution in [3.63, 3.8) is 0 Å². The smallest absolute Gasteiger partial charge is 0.277 e. The van der Waals surface area contributed by atoms with E-state index >= 15 is 0 Å². The molecule has 1 aliphatic heterocycles. The number of amides is 1. The fourth-order valence-electron chi connectivity index (χ4n) is 2.92. The first-order chi connectivity index (χ1) is 10.1. The molecule has 3 heterocycles. The summed E-state index contributed by atoms with van der Waals surface area (Å²) in [4.78, 5) is 14.7. The number of hydrogen-bond donors (Lipinski definition) is 2. The summed E-state index contributed by atoms with van der Waals surface area (Å²) in [7, 11) is 0. The van der Waals surface area contributed by atoms with Crippen molar-refractivity contribution in [1.29, 1.82) is 0 Å². The molecule has 2 aromatic heterocycles. The maximum Gasteiger partial charge on any atom is 0.277 e. The Morgan fingerprint density at radius 1 is 1.57 bits per heavy atom. The average molecular weight is 304 g/mol. The molecule has 3 N–H and O–H groups in total. The quantitative estimate of drug-likeness (QED) is 0.914. The van der Waals surface area contributed by atoms with Crippen LogP contribution in [0.15, 0.2) is 16.8 Å². The van der Waals surface area contributed by atoms with Gasteiger partial charge in [-0.05, 0) is 41.1 Å². The maximum absolute atomic E-state index is 12.8. The van der Waals surface area contributed by atoms with Crippen LogP contribution in [0.1, 0.15) is 60.4 Å². The van der Waals surface area contributed by atoms with Crippen molar-refractivity contribution in [2.24, 2.45) is 0 Å². The Kier molecular flexibility index (Phi) is 3.71. The van der Waals surface area contributed by atoms with Crippen LogP contribution >= 0.6 is 11.3 Å². The molecule has 1 aliphatic rings. The van der Waals surface area contributed by atoms with Gasteiger partial charge in [0.1, 0.15) is 0 Å². The number of nitrogen functional groups attached to an aromatic ring is 1. The first-order valence-electron chi connectivity index (χ1n) is 7.26. The summed E-state index contributed by atoms with van der Waals surface area (Å²) in [6, 6.07) is 2.25. The van der Waals surface area contributed by atoms with Crippen LogP contribution in [0.5, 0.6) is 0 Å². The number of nitrogens with two attached hydrogens (primary N) is 1. The van der Waals surface area contributed by atoms with E-state index in [1.54, 1.807) is 11.3 Å². The van der Waals surface area contributed by atoms with Crippen LogP contribution in [-0.4, -0.2) is 27.5 Å². The average Bonchev–Trinajstić information content (AvgIpc) is 3.17. The molecule has 112 valence electrons. The number of aromatic amines is 1. The molecule has 1 atom stereocenters. The third kappa shape index (κ3) is 2.44. The molecule has 1 unspecified atom stereocenters. The highest BCUT2D eigenvalue weighted by Gasteiger charge is 2.33. The van der Waals surface area contributed by atoms with Crippen LogP contribution in [0.25, 0.3) is 0 Å². The van der Waals surface area contributed by atoms with Crippen molar-refractivity contribution < 1.29 is 4.79 Å². The fourth-order valence-corrected chi connectivity index (χ4v) is 3.63. The van der Waals surface area contributed by atoms with Crippen molar-refractivity contribution in [3.8, 4) is 0 Å². The lowest BCUT2D eigenvalue weighted by molar-refractivity contribution is 0.0731. The molecule has 0 aliphatic carbocycles. The predicted octanol–water partition coefficient (Wildman–Crippen LogP) is 3.15. The van der Waals surface area contributed by atoms with E-state index in [4.69, 9.17) is 5.73 Å². The minimum absolute atomic E-state index is 0.0654. The highest BCUT2D eigenvalue weighted by Crippen LogP contribution is 2.35. The zero-order valence-electron chi connectivity index (χ0n) is 12.3. The zero-order valence-corrected chi connectivity index (χ0v) is 13.1. The van der Waals surface area contributed by atoms with Crippen LogP contribution in [0.3, 0.4) is 0 Å². The summed E-state index contributed by atoms with van der Waals surface area (Å²) in [6.45, 7) is 4.83. The van der Waals surface area contributed by atoms with Gasteiger partial charge in [-0.3, -0.25) is 9.89 Å². The summed E-state index contributed by atoms with van der Waals surface area (Å²) >= 11 is 1.66. The number of rotatable bonds is 3. The number of nitrogens with one attached hydrogen (secondary N) is 1. The van der Waals surface area contributed by atoms with Crippen LogP contribution in [0, 0.1) is 0 Å². The summed E-state index contributed by atoms with van der Waals surface area (Å²) in [5.41, 5.74) is 9.00. The van der Waals surface area contributed by atoms with E-state index < -0.39 is 0 Å². The number of carbonyl (C=O) groups is 1. The maximum atomic E-state index is 12.8. The number of thiophene rings is 1. The lowest BCUT2D eigenvalue weighted by Crippen LogP contribution is -2.31. The minimum Gasteiger partial charge on any atom is -0.395 e. The highest BCUT2D eigenvalue weighted by atomic mass is 32.1. The minimum atomic E-state index is -0.0654. The number of aromatic nitrogens is 2. The van der Waals surface area contributed by atoms with Crippen molar-refractivity contribution >= 4 is 22.9 Å². The van der Waals surface area contributed by atoms with Crippen molar-refractivity contribution in [1.82, 2.24) is 15.1 Å². The van der Waals surface area contributed by atoms with Gasteiger partial charge in [-0.15, -0.1) is 0 Å². The Balaban J connectivity index is 1.88. The molecule has 21 heavy (non-hydrogen) atoms. The van der Waals surface area contributed by atoms with Gasteiger partial charge in [0.15, 0.2) is 5.69 Å². The van der Waals surface area contributed by atoms with Crippen LogP contribution in [-0.2, 0) is 0 Å². The molecule has 0 spiro atoms. The number of nitrogens with zero attached hydrogens (tertiary/aromatic N) is 2. The first kappa shape index (κ1) is 14.1. The highest BCUT2D eigenvalue weighted by molar-refractivity contribution is 7.07. The standard InChI is InChI=1S/C15H20N4OS/c1-9(2)13-12(16)14(18-17-13)15(20)19-6-3-4-11(19)10-5-7-21-8-10/h5,7-9,11H,3-4,6,16H2,1-2H3,(H,17,18). The Morgan fingerprint density at radius 3 is 3.00 bits per heavy atom. The third-order valence-corrected chi connectivity index (χ3v) is 4.76. The van der Waals surface area contributed by atoms with Gasteiger partial charge in [0.05, 0.1) is 17.4 Å². The van der Waals surface area contributed by atoms with E-state index in [9.17, 15) is 4.79 Å². The SMILES string of the molecule is CC(C)c1[nH]nc(C(=O)N2CCCC2c2ccsc2)c1N. The zero-order chi connectivity index (χ0) is 15.0. The van der Waals surface area contributed by atoms with Crippen LogP contribution in [0.2, 0.25) is 0 Å². The molecule has 3 rings (SSSR count). The van der Waals surface area contributed by atoms with Crippen LogP contribution in [0.4, 0.5) is 5.69 Å². The number of hydrogen-bond acceptors (Lipinski definition) is 4. The molecule has 5 nitrogen and oxygen atoms in total. The Morgan fingerprint density at radius 2 is 2.38 bits per heavy atom. The number of H-pyrrole nitrogens is 1. The van der Waals surface area contributed by atoms with Gasteiger partial charge in [-0.2, -0.15) is 16.4 Å².